The van der Waals surface area contributed by atoms with Crippen LogP contribution in [-0.4, -0.2) is 37.6 Å². The number of aromatic hydroxyl groups is 1. The average Bonchev–Trinajstić information content (AvgIpc) is 2.62. The number of ether oxygens (including phenoxy) is 3. The van der Waals surface area contributed by atoms with E-state index in [1.54, 1.807) is 36.4 Å². The molecular weight excluding hydrogens is 324 g/mol. The molecule has 0 bridgehead atoms. The summed E-state index contributed by atoms with van der Waals surface area (Å²) in [6, 6.07) is 12.1. The van der Waals surface area contributed by atoms with Gasteiger partial charge in [-0.1, -0.05) is 18.2 Å². The summed E-state index contributed by atoms with van der Waals surface area (Å²) in [4.78, 5) is 11.8. The van der Waals surface area contributed by atoms with Crippen molar-refractivity contribution in [2.45, 2.75) is 6.92 Å². The lowest BCUT2D eigenvalue weighted by Crippen LogP contribution is -2.24. The van der Waals surface area contributed by atoms with Gasteiger partial charge in [0.2, 0.25) is 0 Å². The number of para-hydroxylation sites is 3. The van der Waals surface area contributed by atoms with E-state index in [0.29, 0.717) is 29.4 Å². The molecule has 2 aromatic rings. The van der Waals surface area contributed by atoms with Crippen LogP contribution < -0.4 is 19.6 Å². The van der Waals surface area contributed by atoms with Crippen molar-refractivity contribution >= 4 is 12.1 Å². The number of carbonyl (C=O) groups is 1. The van der Waals surface area contributed by atoms with Gasteiger partial charge in [0, 0.05) is 5.56 Å². The number of benzene rings is 2. The van der Waals surface area contributed by atoms with Gasteiger partial charge in [-0.3, -0.25) is 4.79 Å². The molecule has 0 aromatic heterocycles. The number of carbonyl (C=O) groups excluding carboxylic acids is 1. The highest BCUT2D eigenvalue weighted by Gasteiger charge is 2.07. The van der Waals surface area contributed by atoms with E-state index in [1.807, 2.05) is 13.0 Å². The van der Waals surface area contributed by atoms with Gasteiger partial charge in [0.1, 0.15) is 0 Å². The van der Waals surface area contributed by atoms with Gasteiger partial charge in [-0.25, -0.2) is 5.43 Å². The maximum Gasteiger partial charge on any atom is 0.277 e. The molecule has 0 radical (unpaired) electrons. The minimum Gasteiger partial charge on any atom is -0.504 e. The van der Waals surface area contributed by atoms with Crippen molar-refractivity contribution in [2.75, 3.05) is 20.3 Å². The second-order valence-corrected chi connectivity index (χ2v) is 4.86. The third kappa shape index (κ3) is 5.13. The van der Waals surface area contributed by atoms with Crippen molar-refractivity contribution in [3.8, 4) is 23.0 Å². The van der Waals surface area contributed by atoms with Crippen LogP contribution in [-0.2, 0) is 4.79 Å². The zero-order chi connectivity index (χ0) is 18.1. The number of hydrogen-bond acceptors (Lipinski definition) is 6. The molecule has 7 nitrogen and oxygen atoms in total. The molecule has 0 heterocycles. The smallest absolute Gasteiger partial charge is 0.277 e. The largest absolute Gasteiger partial charge is 0.504 e. The van der Waals surface area contributed by atoms with Gasteiger partial charge in [-0.15, -0.1) is 0 Å². The highest BCUT2D eigenvalue weighted by molar-refractivity contribution is 5.86. The van der Waals surface area contributed by atoms with E-state index in [0.717, 1.165) is 0 Å². The minimum atomic E-state index is -0.440. The fourth-order valence-corrected chi connectivity index (χ4v) is 2.00. The predicted octanol–water partition coefficient (Wildman–Crippen LogP) is 2.33. The lowest BCUT2D eigenvalue weighted by atomic mass is 10.2. The van der Waals surface area contributed by atoms with Gasteiger partial charge in [0.25, 0.3) is 5.91 Å². The Morgan fingerprint density at radius 2 is 1.80 bits per heavy atom. The van der Waals surface area contributed by atoms with Gasteiger partial charge < -0.3 is 19.3 Å². The van der Waals surface area contributed by atoms with Crippen LogP contribution in [0.2, 0.25) is 0 Å². The van der Waals surface area contributed by atoms with E-state index < -0.39 is 5.91 Å². The average molecular weight is 344 g/mol. The first-order valence-electron chi connectivity index (χ1n) is 7.68. The zero-order valence-corrected chi connectivity index (χ0v) is 14.1. The van der Waals surface area contributed by atoms with Crippen molar-refractivity contribution < 1.29 is 24.1 Å². The summed E-state index contributed by atoms with van der Waals surface area (Å²) in [5, 5.41) is 13.7. The molecular formula is C18H20N2O5. The number of phenols is 1. The van der Waals surface area contributed by atoms with Crippen molar-refractivity contribution in [1.29, 1.82) is 0 Å². The predicted molar refractivity (Wildman–Crippen MR) is 93.5 cm³/mol. The number of rotatable bonds is 8. The molecule has 2 N–H and O–H groups in total. The van der Waals surface area contributed by atoms with Crippen LogP contribution >= 0.6 is 0 Å². The molecule has 0 saturated carbocycles. The fourth-order valence-electron chi connectivity index (χ4n) is 2.00. The third-order valence-electron chi connectivity index (χ3n) is 3.15. The number of methoxy groups -OCH3 is 1. The zero-order valence-electron chi connectivity index (χ0n) is 14.1. The molecule has 132 valence electrons. The topological polar surface area (TPSA) is 89.4 Å². The van der Waals surface area contributed by atoms with Crippen LogP contribution in [0.25, 0.3) is 0 Å². The molecule has 0 spiro atoms. The first kappa shape index (κ1) is 18.1. The summed E-state index contributed by atoms with van der Waals surface area (Å²) in [7, 11) is 1.45. The maximum atomic E-state index is 11.8. The first-order valence-corrected chi connectivity index (χ1v) is 7.68. The van der Waals surface area contributed by atoms with Gasteiger partial charge in [-0.05, 0) is 31.2 Å². The fraction of sp³-hybridized carbons (Fsp3) is 0.222. The Morgan fingerprint density at radius 3 is 2.48 bits per heavy atom. The first-order chi connectivity index (χ1) is 12.2. The van der Waals surface area contributed by atoms with E-state index >= 15 is 0 Å². The van der Waals surface area contributed by atoms with Crippen LogP contribution in [0.5, 0.6) is 23.0 Å². The van der Waals surface area contributed by atoms with Crippen molar-refractivity contribution in [3.63, 3.8) is 0 Å². The molecule has 0 unspecified atom stereocenters. The van der Waals surface area contributed by atoms with E-state index in [-0.39, 0.29) is 12.4 Å². The number of hydrogen-bond donors (Lipinski definition) is 2. The normalized spacial score (nSPS) is 10.5. The van der Waals surface area contributed by atoms with Gasteiger partial charge >= 0.3 is 0 Å². The Balaban J connectivity index is 1.89. The van der Waals surface area contributed by atoms with E-state index in [9.17, 15) is 9.90 Å². The molecule has 0 atom stereocenters. The number of phenolic OH excluding ortho intramolecular Hbond substituents is 1. The molecule has 0 aliphatic carbocycles. The summed E-state index contributed by atoms with van der Waals surface area (Å²) >= 11 is 0. The van der Waals surface area contributed by atoms with Gasteiger partial charge in [0.05, 0.1) is 19.9 Å². The van der Waals surface area contributed by atoms with E-state index in [2.05, 4.69) is 10.5 Å². The third-order valence-corrected chi connectivity index (χ3v) is 3.15. The molecule has 25 heavy (non-hydrogen) atoms. The Hall–Kier alpha value is -3.22. The van der Waals surface area contributed by atoms with Crippen molar-refractivity contribution in [3.05, 3.63) is 48.0 Å². The highest BCUT2D eigenvalue weighted by atomic mass is 16.5. The highest BCUT2D eigenvalue weighted by Crippen LogP contribution is 2.28. The number of nitrogens with zero attached hydrogens (tertiary/aromatic N) is 1. The Labute approximate surface area is 145 Å². The molecule has 0 saturated heterocycles. The van der Waals surface area contributed by atoms with E-state index in [4.69, 9.17) is 14.2 Å². The van der Waals surface area contributed by atoms with Gasteiger partial charge in [-0.2, -0.15) is 5.10 Å². The summed E-state index contributed by atoms with van der Waals surface area (Å²) in [5.74, 6) is 0.887. The number of amides is 1. The molecule has 2 aromatic carbocycles. The Bertz CT molecular complexity index is 746. The lowest BCUT2D eigenvalue weighted by Gasteiger charge is -2.10. The number of nitrogens with one attached hydrogen (secondary N) is 1. The van der Waals surface area contributed by atoms with Crippen molar-refractivity contribution in [2.24, 2.45) is 5.10 Å². The quantitative estimate of drug-likeness (QED) is 0.567. The molecule has 0 aliphatic rings. The number of hydrazone groups is 1. The van der Waals surface area contributed by atoms with Crippen LogP contribution in [0.4, 0.5) is 0 Å². The standard InChI is InChI=1S/C18H20N2O5/c1-3-24-14-8-4-5-9-15(14)25-12-17(21)20-19-11-13-7-6-10-16(23-2)18(13)22/h4-11,22H,3,12H2,1-2H3,(H,20,21). The maximum absolute atomic E-state index is 11.8. The summed E-state index contributed by atoms with van der Waals surface area (Å²) in [5.41, 5.74) is 2.75. The molecule has 0 fully saturated rings. The van der Waals surface area contributed by atoms with Crippen LogP contribution in [0.15, 0.2) is 47.6 Å². The second kappa shape index (κ2) is 9.17. The molecule has 0 aliphatic heterocycles. The molecule has 2 rings (SSSR count). The summed E-state index contributed by atoms with van der Waals surface area (Å²) in [6.07, 6.45) is 1.32. The molecule has 1 amide bonds. The molecule has 7 heteroatoms. The van der Waals surface area contributed by atoms with Gasteiger partial charge in [0.15, 0.2) is 29.6 Å². The SMILES string of the molecule is CCOc1ccccc1OCC(=O)NN=Cc1cccc(OC)c1O. The van der Waals surface area contributed by atoms with E-state index in [1.165, 1.54) is 13.3 Å². The minimum absolute atomic E-state index is 0.0510. The summed E-state index contributed by atoms with van der Waals surface area (Å²) in [6.45, 7) is 2.15. The monoisotopic (exact) mass is 344 g/mol. The summed E-state index contributed by atoms with van der Waals surface area (Å²) < 4.78 is 15.9. The lowest BCUT2D eigenvalue weighted by molar-refractivity contribution is -0.123. The van der Waals surface area contributed by atoms with Crippen LogP contribution in [0, 0.1) is 0 Å². The Morgan fingerprint density at radius 1 is 1.12 bits per heavy atom. The van der Waals surface area contributed by atoms with Crippen LogP contribution in [0.1, 0.15) is 12.5 Å². The van der Waals surface area contributed by atoms with Crippen LogP contribution in [0.3, 0.4) is 0 Å². The Kier molecular flexibility index (Phi) is 6.65. The second-order valence-electron chi connectivity index (χ2n) is 4.86. The van der Waals surface area contributed by atoms with Crippen molar-refractivity contribution in [1.82, 2.24) is 5.43 Å².